The maximum atomic E-state index is 5.37. The summed E-state index contributed by atoms with van der Waals surface area (Å²) < 4.78 is 9.55. The van der Waals surface area contributed by atoms with E-state index in [0.29, 0.717) is 13.2 Å². The summed E-state index contributed by atoms with van der Waals surface area (Å²) in [6.45, 7) is 6.34. The summed E-state index contributed by atoms with van der Waals surface area (Å²) in [6.07, 6.45) is 11.3. The second-order valence-corrected chi connectivity index (χ2v) is 4.61. The number of terminal acetylenes is 1. The van der Waals surface area contributed by atoms with Crippen LogP contribution < -0.4 is 4.57 Å². The van der Waals surface area contributed by atoms with Gasteiger partial charge in [-0.2, -0.15) is 0 Å². The number of nitrogens with zero attached hydrogens (tertiary/aromatic N) is 2. The number of hydrogen-bond acceptors (Lipinski definition) is 1. The zero-order valence-corrected chi connectivity index (χ0v) is 9.73. The molecule has 1 rings (SSSR count). The summed E-state index contributed by atoms with van der Waals surface area (Å²) >= 11 is 0. The van der Waals surface area contributed by atoms with E-state index in [9.17, 15) is 0 Å². The second-order valence-electron chi connectivity index (χ2n) is 4.61. The Labute approximate surface area is 91.7 Å². The fourth-order valence-corrected chi connectivity index (χ4v) is 1.52. The first kappa shape index (κ1) is 11.8. The van der Waals surface area contributed by atoms with Gasteiger partial charge in [0.1, 0.15) is 19.0 Å². The average molecular weight is 207 g/mol. The molecule has 0 radical (unpaired) electrons. The third-order valence-corrected chi connectivity index (χ3v) is 2.11. The molecule has 1 aromatic heterocycles. The lowest BCUT2D eigenvalue weighted by Crippen LogP contribution is -2.28. The minimum atomic E-state index is 0.100. The molecule has 0 N–H and O–H groups in total. The molecule has 0 amide bonds. The topological polar surface area (TPSA) is 18.0 Å². The van der Waals surface area contributed by atoms with E-state index >= 15 is 0 Å². The highest BCUT2D eigenvalue weighted by atomic mass is 16.5. The number of aryl methyl sites for hydroxylation is 1. The van der Waals surface area contributed by atoms with Gasteiger partial charge in [-0.1, -0.05) is 19.8 Å². The van der Waals surface area contributed by atoms with Crippen molar-refractivity contribution in [1.82, 2.24) is 4.57 Å². The number of rotatable bonds is 5. The zero-order valence-electron chi connectivity index (χ0n) is 9.73. The van der Waals surface area contributed by atoms with Crippen molar-refractivity contribution in [3.8, 4) is 12.3 Å². The number of ether oxygens (including phenoxy) is 1. The van der Waals surface area contributed by atoms with Gasteiger partial charge < -0.3 is 4.74 Å². The summed E-state index contributed by atoms with van der Waals surface area (Å²) in [6, 6.07) is 0. The van der Waals surface area contributed by atoms with Crippen LogP contribution in [-0.2, 0) is 18.3 Å². The molecule has 82 valence electrons. The van der Waals surface area contributed by atoms with E-state index in [4.69, 9.17) is 11.2 Å². The summed E-state index contributed by atoms with van der Waals surface area (Å²) in [7, 11) is 2.01. The Morgan fingerprint density at radius 3 is 2.80 bits per heavy atom. The van der Waals surface area contributed by atoms with Crippen molar-refractivity contribution in [3.63, 3.8) is 0 Å². The molecule has 3 heteroatoms. The first-order chi connectivity index (χ1) is 7.03. The van der Waals surface area contributed by atoms with Gasteiger partial charge in [-0.3, -0.25) is 0 Å². The van der Waals surface area contributed by atoms with E-state index in [1.54, 1.807) is 0 Å². The highest BCUT2D eigenvalue weighted by Gasteiger charge is 2.21. The molecule has 0 saturated heterocycles. The molecule has 0 aliphatic rings. The predicted octanol–water partition coefficient (Wildman–Crippen LogP) is 0.989. The van der Waals surface area contributed by atoms with E-state index in [1.165, 1.54) is 0 Å². The van der Waals surface area contributed by atoms with Gasteiger partial charge in [-0.05, 0) is 0 Å². The Balaban J connectivity index is 2.45. The highest BCUT2D eigenvalue weighted by Crippen LogP contribution is 2.17. The van der Waals surface area contributed by atoms with Crippen LogP contribution in [0.15, 0.2) is 18.7 Å². The molecular weight excluding hydrogens is 188 g/mol. The van der Waals surface area contributed by atoms with Crippen molar-refractivity contribution in [1.29, 1.82) is 0 Å². The monoisotopic (exact) mass is 207 g/mol. The fraction of sp³-hybridized carbons (Fsp3) is 0.583. The predicted molar refractivity (Wildman–Crippen MR) is 59.0 cm³/mol. The van der Waals surface area contributed by atoms with Crippen LogP contribution in [0.1, 0.15) is 13.8 Å². The SMILES string of the molecule is C#CCOCC(C)(C)Cn1cc[n+](C)c1. The summed E-state index contributed by atoms with van der Waals surface area (Å²) in [4.78, 5) is 0. The van der Waals surface area contributed by atoms with Crippen LogP contribution in [0.25, 0.3) is 0 Å². The first-order valence-corrected chi connectivity index (χ1v) is 5.06. The van der Waals surface area contributed by atoms with Gasteiger partial charge in [0.15, 0.2) is 0 Å². The lowest BCUT2D eigenvalue weighted by Gasteiger charge is -2.21. The largest absolute Gasteiger partial charge is 0.368 e. The van der Waals surface area contributed by atoms with E-state index in [-0.39, 0.29) is 5.41 Å². The lowest BCUT2D eigenvalue weighted by atomic mass is 9.95. The molecule has 3 nitrogen and oxygen atoms in total. The van der Waals surface area contributed by atoms with Gasteiger partial charge in [-0.15, -0.1) is 6.42 Å². The molecule has 0 aliphatic heterocycles. The van der Waals surface area contributed by atoms with Gasteiger partial charge in [0.05, 0.1) is 20.2 Å². The summed E-state index contributed by atoms with van der Waals surface area (Å²) in [5, 5.41) is 0. The van der Waals surface area contributed by atoms with Gasteiger partial charge in [-0.25, -0.2) is 9.13 Å². The van der Waals surface area contributed by atoms with Crippen LogP contribution in [0.3, 0.4) is 0 Å². The molecule has 1 aromatic rings. The van der Waals surface area contributed by atoms with Crippen molar-refractivity contribution < 1.29 is 9.30 Å². The van der Waals surface area contributed by atoms with Crippen molar-refractivity contribution in [3.05, 3.63) is 18.7 Å². The molecule has 15 heavy (non-hydrogen) atoms. The van der Waals surface area contributed by atoms with Crippen molar-refractivity contribution in [2.75, 3.05) is 13.2 Å². The minimum Gasteiger partial charge on any atom is -0.368 e. The molecule has 1 heterocycles. The minimum absolute atomic E-state index is 0.100. The van der Waals surface area contributed by atoms with E-state index in [2.05, 4.69) is 36.9 Å². The van der Waals surface area contributed by atoms with Crippen molar-refractivity contribution in [2.24, 2.45) is 12.5 Å². The van der Waals surface area contributed by atoms with Crippen LogP contribution in [0, 0.1) is 17.8 Å². The van der Waals surface area contributed by atoms with Crippen molar-refractivity contribution >= 4 is 0 Å². The van der Waals surface area contributed by atoms with Gasteiger partial charge in [0.2, 0.25) is 6.33 Å². The van der Waals surface area contributed by atoms with Crippen LogP contribution in [0.5, 0.6) is 0 Å². The number of hydrogen-bond donors (Lipinski definition) is 0. The Bertz CT molecular complexity index is 347. The molecule has 0 unspecified atom stereocenters. The smallest absolute Gasteiger partial charge is 0.243 e. The molecule has 0 aliphatic carbocycles. The Morgan fingerprint density at radius 1 is 1.53 bits per heavy atom. The maximum absolute atomic E-state index is 5.37. The average Bonchev–Trinajstić information content (AvgIpc) is 2.50. The summed E-state index contributed by atoms with van der Waals surface area (Å²) in [5.41, 5.74) is 0.100. The Hall–Kier alpha value is -1.27. The van der Waals surface area contributed by atoms with Crippen LogP contribution in [0.2, 0.25) is 0 Å². The molecule has 0 aromatic carbocycles. The Morgan fingerprint density at radius 2 is 2.27 bits per heavy atom. The van der Waals surface area contributed by atoms with Crippen LogP contribution in [0.4, 0.5) is 0 Å². The van der Waals surface area contributed by atoms with Gasteiger partial charge >= 0.3 is 0 Å². The third-order valence-electron chi connectivity index (χ3n) is 2.11. The highest BCUT2D eigenvalue weighted by molar-refractivity contribution is 4.83. The number of aromatic nitrogens is 2. The van der Waals surface area contributed by atoms with Gasteiger partial charge in [0.25, 0.3) is 0 Å². The third kappa shape index (κ3) is 4.18. The van der Waals surface area contributed by atoms with Crippen molar-refractivity contribution in [2.45, 2.75) is 20.4 Å². The molecule has 0 atom stereocenters. The van der Waals surface area contributed by atoms with E-state index in [0.717, 1.165) is 6.54 Å². The maximum Gasteiger partial charge on any atom is 0.243 e. The first-order valence-electron chi connectivity index (χ1n) is 5.06. The second kappa shape index (κ2) is 4.99. The summed E-state index contributed by atoms with van der Waals surface area (Å²) in [5.74, 6) is 2.48. The molecule has 0 saturated carbocycles. The molecule has 0 spiro atoms. The molecule has 0 fully saturated rings. The fourth-order valence-electron chi connectivity index (χ4n) is 1.52. The van der Waals surface area contributed by atoms with Crippen LogP contribution >= 0.6 is 0 Å². The normalized spacial score (nSPS) is 11.3. The van der Waals surface area contributed by atoms with E-state index in [1.807, 2.05) is 17.8 Å². The quantitative estimate of drug-likeness (QED) is 0.400. The molecule has 0 bridgehead atoms. The van der Waals surface area contributed by atoms with E-state index < -0.39 is 0 Å². The zero-order chi connectivity index (χ0) is 11.3. The van der Waals surface area contributed by atoms with Gasteiger partial charge in [0, 0.05) is 5.41 Å². The van der Waals surface area contributed by atoms with Crippen LogP contribution in [-0.4, -0.2) is 17.8 Å². The number of imidazole rings is 1. The standard InChI is InChI=1S/C12H19N2O/c1-5-8-15-10-12(2,3)9-14-7-6-13(4)11-14/h1,6-7,11H,8-10H2,2-4H3/q+1. The Kier molecular flexibility index (Phi) is 3.93. The lowest BCUT2D eigenvalue weighted by molar-refractivity contribution is -0.671. The molecular formula is C12H19N2O+.